The zero-order valence-electron chi connectivity index (χ0n) is 12.9. The molecule has 1 rings (SSSR count). The molecule has 0 saturated carbocycles. The summed E-state index contributed by atoms with van der Waals surface area (Å²) < 4.78 is 5.72. The number of rotatable bonds is 5. The van der Waals surface area contributed by atoms with E-state index in [-0.39, 0.29) is 24.6 Å². The number of hydrogen-bond acceptors (Lipinski definition) is 2. The third kappa shape index (κ3) is 3.98. The van der Waals surface area contributed by atoms with E-state index in [1.165, 1.54) is 0 Å². The van der Waals surface area contributed by atoms with Gasteiger partial charge in [0.15, 0.2) is 6.61 Å². The van der Waals surface area contributed by atoms with Crippen molar-refractivity contribution < 1.29 is 9.53 Å². The summed E-state index contributed by atoms with van der Waals surface area (Å²) in [5.74, 6) is 0.857. The second kappa shape index (κ2) is 6.60. The van der Waals surface area contributed by atoms with E-state index in [0.29, 0.717) is 0 Å². The average Bonchev–Trinajstić information content (AvgIpc) is 2.27. The third-order valence-electron chi connectivity index (χ3n) is 3.15. The highest BCUT2D eigenvalue weighted by molar-refractivity contribution is 5.78. The summed E-state index contributed by atoms with van der Waals surface area (Å²) in [7, 11) is 0. The van der Waals surface area contributed by atoms with Gasteiger partial charge in [0.25, 0.3) is 5.91 Å². The Morgan fingerprint density at radius 1 is 1.11 bits per heavy atom. The molecule has 0 aliphatic rings. The van der Waals surface area contributed by atoms with Gasteiger partial charge in [-0.05, 0) is 52.7 Å². The Hall–Kier alpha value is -1.51. The Morgan fingerprint density at radius 2 is 1.58 bits per heavy atom. The lowest BCUT2D eigenvalue weighted by Gasteiger charge is -2.30. The number of aryl methyl sites for hydroxylation is 2. The minimum absolute atomic E-state index is 0.0349. The topological polar surface area (TPSA) is 29.5 Å². The van der Waals surface area contributed by atoms with Crippen LogP contribution in [0.15, 0.2) is 18.2 Å². The summed E-state index contributed by atoms with van der Waals surface area (Å²) in [4.78, 5) is 14.1. The van der Waals surface area contributed by atoms with E-state index in [1.54, 1.807) is 0 Å². The van der Waals surface area contributed by atoms with Crippen LogP contribution in [-0.4, -0.2) is 29.5 Å². The van der Waals surface area contributed by atoms with Crippen LogP contribution in [0.3, 0.4) is 0 Å². The number of carbonyl (C=O) groups is 1. The molecule has 0 saturated heterocycles. The van der Waals surface area contributed by atoms with Crippen molar-refractivity contribution >= 4 is 5.91 Å². The van der Waals surface area contributed by atoms with Crippen molar-refractivity contribution in [3.8, 4) is 5.75 Å². The quantitative estimate of drug-likeness (QED) is 0.815. The van der Waals surface area contributed by atoms with Gasteiger partial charge in [0.2, 0.25) is 0 Å². The Kier molecular flexibility index (Phi) is 5.40. The highest BCUT2D eigenvalue weighted by atomic mass is 16.5. The lowest BCUT2D eigenvalue weighted by Crippen LogP contribution is -2.44. The minimum atomic E-state index is 0.0349. The monoisotopic (exact) mass is 263 g/mol. The average molecular weight is 263 g/mol. The zero-order chi connectivity index (χ0) is 14.6. The molecular formula is C16H25NO2. The van der Waals surface area contributed by atoms with Crippen LogP contribution in [0.4, 0.5) is 0 Å². The van der Waals surface area contributed by atoms with E-state index in [2.05, 4.69) is 0 Å². The molecule has 0 aromatic heterocycles. The van der Waals surface area contributed by atoms with Crippen LogP contribution in [0.5, 0.6) is 5.75 Å². The first-order valence-electron chi connectivity index (χ1n) is 6.84. The lowest BCUT2D eigenvalue weighted by atomic mass is 10.1. The van der Waals surface area contributed by atoms with Gasteiger partial charge in [-0.1, -0.05) is 18.2 Å². The molecule has 0 N–H and O–H groups in total. The van der Waals surface area contributed by atoms with Gasteiger partial charge in [0.1, 0.15) is 5.75 Å². The lowest BCUT2D eigenvalue weighted by molar-refractivity contribution is -0.137. The van der Waals surface area contributed by atoms with Crippen LogP contribution in [0.2, 0.25) is 0 Å². The van der Waals surface area contributed by atoms with Crippen LogP contribution >= 0.6 is 0 Å². The molecule has 0 unspecified atom stereocenters. The fourth-order valence-corrected chi connectivity index (χ4v) is 2.41. The molecule has 0 fully saturated rings. The van der Waals surface area contributed by atoms with Gasteiger partial charge in [0.05, 0.1) is 0 Å². The van der Waals surface area contributed by atoms with E-state index in [1.807, 2.05) is 64.6 Å². The van der Waals surface area contributed by atoms with Crippen molar-refractivity contribution in [3.63, 3.8) is 0 Å². The molecular weight excluding hydrogens is 238 g/mol. The molecule has 0 bridgehead atoms. The van der Waals surface area contributed by atoms with Gasteiger partial charge in [0, 0.05) is 12.1 Å². The predicted molar refractivity (Wildman–Crippen MR) is 78.5 cm³/mol. The normalized spacial score (nSPS) is 10.9. The van der Waals surface area contributed by atoms with Gasteiger partial charge in [-0.25, -0.2) is 0 Å². The maximum absolute atomic E-state index is 12.2. The van der Waals surface area contributed by atoms with E-state index in [4.69, 9.17) is 4.74 Å². The molecule has 3 nitrogen and oxygen atoms in total. The molecule has 1 amide bonds. The predicted octanol–water partition coefficient (Wildman–Crippen LogP) is 3.33. The number of hydrogen-bond donors (Lipinski definition) is 0. The maximum atomic E-state index is 12.2. The smallest absolute Gasteiger partial charge is 0.260 e. The SMILES string of the molecule is Cc1cccc(C)c1OCC(=O)N(C(C)C)C(C)C. The van der Waals surface area contributed by atoms with Crippen molar-refractivity contribution in [1.29, 1.82) is 0 Å². The van der Waals surface area contributed by atoms with Crippen molar-refractivity contribution in [2.45, 2.75) is 53.6 Å². The first-order chi connectivity index (χ1) is 8.84. The zero-order valence-corrected chi connectivity index (χ0v) is 12.9. The summed E-state index contributed by atoms with van der Waals surface area (Å²) in [5.41, 5.74) is 2.13. The molecule has 0 aliphatic carbocycles. The Morgan fingerprint density at radius 3 is 2.00 bits per heavy atom. The molecule has 0 aliphatic heterocycles. The van der Waals surface area contributed by atoms with Crippen molar-refractivity contribution in [2.75, 3.05) is 6.61 Å². The molecule has 106 valence electrons. The second-order valence-electron chi connectivity index (χ2n) is 5.50. The molecule has 0 heterocycles. The van der Waals surface area contributed by atoms with Crippen LogP contribution in [-0.2, 0) is 4.79 Å². The van der Waals surface area contributed by atoms with Crippen LogP contribution in [0.1, 0.15) is 38.8 Å². The van der Waals surface area contributed by atoms with E-state index >= 15 is 0 Å². The largest absolute Gasteiger partial charge is 0.483 e. The summed E-state index contributed by atoms with van der Waals surface area (Å²) in [5, 5.41) is 0. The van der Waals surface area contributed by atoms with Gasteiger partial charge >= 0.3 is 0 Å². The molecule has 0 radical (unpaired) electrons. The minimum Gasteiger partial charge on any atom is -0.483 e. The summed E-state index contributed by atoms with van der Waals surface area (Å²) in [6.07, 6.45) is 0. The summed E-state index contributed by atoms with van der Waals surface area (Å²) >= 11 is 0. The number of nitrogens with zero attached hydrogens (tertiary/aromatic N) is 1. The number of ether oxygens (including phenoxy) is 1. The number of benzene rings is 1. The van der Waals surface area contributed by atoms with E-state index in [0.717, 1.165) is 16.9 Å². The molecule has 19 heavy (non-hydrogen) atoms. The van der Waals surface area contributed by atoms with Crippen LogP contribution < -0.4 is 4.74 Å². The highest BCUT2D eigenvalue weighted by Gasteiger charge is 2.20. The molecule has 1 aromatic rings. The third-order valence-corrected chi connectivity index (χ3v) is 3.15. The Labute approximate surface area is 116 Å². The first kappa shape index (κ1) is 15.5. The van der Waals surface area contributed by atoms with Crippen molar-refractivity contribution in [1.82, 2.24) is 4.90 Å². The standard InChI is InChI=1S/C16H25NO2/c1-11(2)17(12(3)4)15(18)10-19-16-13(5)8-7-9-14(16)6/h7-9,11-12H,10H2,1-6H3. The summed E-state index contributed by atoms with van der Waals surface area (Å²) in [6.45, 7) is 12.2. The van der Waals surface area contributed by atoms with Gasteiger partial charge in [-0.2, -0.15) is 0 Å². The van der Waals surface area contributed by atoms with Gasteiger partial charge in [-0.3, -0.25) is 4.79 Å². The number of carbonyl (C=O) groups excluding carboxylic acids is 1. The van der Waals surface area contributed by atoms with Gasteiger partial charge < -0.3 is 9.64 Å². The highest BCUT2D eigenvalue weighted by Crippen LogP contribution is 2.22. The second-order valence-corrected chi connectivity index (χ2v) is 5.50. The first-order valence-corrected chi connectivity index (χ1v) is 6.84. The Balaban J connectivity index is 2.73. The molecule has 3 heteroatoms. The molecule has 0 atom stereocenters. The molecule has 1 aromatic carbocycles. The Bertz CT molecular complexity index is 410. The van der Waals surface area contributed by atoms with Crippen molar-refractivity contribution in [3.05, 3.63) is 29.3 Å². The number of amides is 1. The summed E-state index contributed by atoms with van der Waals surface area (Å²) in [6, 6.07) is 6.36. The van der Waals surface area contributed by atoms with Crippen LogP contribution in [0, 0.1) is 13.8 Å². The van der Waals surface area contributed by atoms with Crippen molar-refractivity contribution in [2.24, 2.45) is 0 Å². The fourth-order valence-electron chi connectivity index (χ4n) is 2.41. The molecule has 0 spiro atoms. The van der Waals surface area contributed by atoms with E-state index in [9.17, 15) is 4.79 Å². The van der Waals surface area contributed by atoms with E-state index < -0.39 is 0 Å². The maximum Gasteiger partial charge on any atom is 0.260 e. The van der Waals surface area contributed by atoms with Gasteiger partial charge in [-0.15, -0.1) is 0 Å². The van der Waals surface area contributed by atoms with Crippen LogP contribution in [0.25, 0.3) is 0 Å². The number of para-hydroxylation sites is 1. The fraction of sp³-hybridized carbons (Fsp3) is 0.562.